The van der Waals surface area contributed by atoms with Gasteiger partial charge < -0.3 is 25.0 Å². The molecule has 1 aliphatic rings. The zero-order valence-electron chi connectivity index (χ0n) is 22.1. The second-order valence-electron chi connectivity index (χ2n) is 10.5. The average molecular weight is 537 g/mol. The van der Waals surface area contributed by atoms with Crippen molar-refractivity contribution in [2.24, 2.45) is 0 Å². The number of H-pyrrole nitrogens is 2. The average Bonchev–Trinajstić information content (AvgIpc) is 3.74. The molecule has 4 N–H and O–H groups in total. The van der Waals surface area contributed by atoms with E-state index in [1.807, 2.05) is 54.7 Å². The molecule has 1 aliphatic heterocycles. The fraction of sp³-hybridized carbons (Fsp3) is 0.258. The molecule has 0 radical (unpaired) electrons. The summed E-state index contributed by atoms with van der Waals surface area (Å²) in [5, 5.41) is 9.37. The minimum absolute atomic E-state index is 0.0569. The second-order valence-corrected chi connectivity index (χ2v) is 10.5. The van der Waals surface area contributed by atoms with E-state index in [-0.39, 0.29) is 18.0 Å². The summed E-state index contributed by atoms with van der Waals surface area (Å²) in [6.45, 7) is 3.27. The van der Waals surface area contributed by atoms with Crippen molar-refractivity contribution < 1.29 is 8.81 Å². The van der Waals surface area contributed by atoms with Crippen molar-refractivity contribution in [2.75, 3.05) is 13.1 Å². The fourth-order valence-electron chi connectivity index (χ4n) is 5.58. The number of fused-ring (bicyclic) bond motifs is 4. The largest absolute Gasteiger partial charge is 0.456 e. The monoisotopic (exact) mass is 536 g/mol. The van der Waals surface area contributed by atoms with Crippen LogP contribution in [0.4, 0.5) is 4.39 Å². The van der Waals surface area contributed by atoms with E-state index < -0.39 is 6.17 Å². The van der Waals surface area contributed by atoms with Crippen molar-refractivity contribution in [3.05, 3.63) is 82.8 Å². The van der Waals surface area contributed by atoms with Crippen LogP contribution >= 0.6 is 0 Å². The van der Waals surface area contributed by atoms with E-state index in [9.17, 15) is 9.18 Å². The van der Waals surface area contributed by atoms with Crippen molar-refractivity contribution in [1.82, 2.24) is 30.6 Å². The molecule has 3 aromatic heterocycles. The summed E-state index contributed by atoms with van der Waals surface area (Å²) < 4.78 is 19.3. The predicted octanol–water partition coefficient (Wildman–Crippen LogP) is 5.75. The van der Waals surface area contributed by atoms with Crippen LogP contribution in [0, 0.1) is 0 Å². The Morgan fingerprint density at radius 1 is 1.00 bits per heavy atom. The van der Waals surface area contributed by atoms with Gasteiger partial charge in [-0.15, -0.1) is 0 Å². The lowest BCUT2D eigenvalue weighted by molar-refractivity contribution is 0.343. The third-order valence-electron chi connectivity index (χ3n) is 7.61. The van der Waals surface area contributed by atoms with Gasteiger partial charge in [-0.05, 0) is 61.3 Å². The van der Waals surface area contributed by atoms with Gasteiger partial charge in [-0.25, -0.2) is 14.4 Å². The molecule has 4 heterocycles. The number of aromatic nitrogens is 4. The molecule has 7 rings (SSSR count). The number of nitrogens with one attached hydrogen (secondary N) is 4. The van der Waals surface area contributed by atoms with Gasteiger partial charge in [0.1, 0.15) is 29.0 Å². The van der Waals surface area contributed by atoms with E-state index in [0.29, 0.717) is 28.5 Å². The molecule has 1 fully saturated rings. The van der Waals surface area contributed by atoms with Gasteiger partial charge in [0.05, 0.1) is 47.1 Å². The molecule has 0 bridgehead atoms. The highest BCUT2D eigenvalue weighted by molar-refractivity contribution is 6.09. The standard InChI is InChI=1S/C31H29FN6O2/c1-17(32)13-33-16-28-35-14-24(37-28)19-4-7-21-18(11-19)6-9-26-29(21)30(39)22-8-5-20(12-27(22)40-26)25-15-36-31(38-25)23-3-2-10-34-23/h4-9,11-12,14-15,17,23,33-34H,2-3,10,13,16H2,1H3,(H,35,37)(H,36,38). The Bertz CT molecular complexity index is 1910. The van der Waals surface area contributed by atoms with E-state index in [1.165, 1.54) is 6.92 Å². The van der Waals surface area contributed by atoms with Gasteiger partial charge in [-0.3, -0.25) is 4.79 Å². The Kier molecular flexibility index (Phi) is 6.17. The molecule has 0 aliphatic carbocycles. The Hall–Kier alpha value is -4.34. The minimum Gasteiger partial charge on any atom is -0.456 e. The van der Waals surface area contributed by atoms with Crippen molar-refractivity contribution in [3.63, 3.8) is 0 Å². The number of halogens is 1. The van der Waals surface area contributed by atoms with Crippen molar-refractivity contribution in [1.29, 1.82) is 0 Å². The molecule has 0 amide bonds. The SMILES string of the molecule is CC(F)CNCc1ncc(-c2ccc3c(ccc4oc5cc(-c6cnc(C7CCCN7)[nH]6)ccc5c(=O)c43)c2)[nH]1. The number of alkyl halides is 1. The summed E-state index contributed by atoms with van der Waals surface area (Å²) in [5.74, 6) is 1.68. The summed E-state index contributed by atoms with van der Waals surface area (Å²) in [7, 11) is 0. The normalized spacial score (nSPS) is 16.4. The lowest BCUT2D eigenvalue weighted by Gasteiger charge is -2.08. The highest BCUT2D eigenvalue weighted by Crippen LogP contribution is 2.31. The van der Waals surface area contributed by atoms with Gasteiger partial charge in [-0.2, -0.15) is 0 Å². The molecular formula is C31H29FN6O2. The third-order valence-corrected chi connectivity index (χ3v) is 7.61. The van der Waals surface area contributed by atoms with Gasteiger partial charge in [-0.1, -0.05) is 24.3 Å². The number of rotatable bonds is 7. The Labute approximate surface area is 229 Å². The number of benzene rings is 3. The molecular weight excluding hydrogens is 507 g/mol. The number of hydrogen-bond donors (Lipinski definition) is 4. The molecule has 2 unspecified atom stereocenters. The third kappa shape index (κ3) is 4.47. The summed E-state index contributed by atoms with van der Waals surface area (Å²) in [6, 6.07) is 15.7. The molecule has 0 spiro atoms. The van der Waals surface area contributed by atoms with Crippen LogP contribution in [0.1, 0.15) is 37.5 Å². The number of nitrogens with zero attached hydrogens (tertiary/aromatic N) is 2. The predicted molar refractivity (Wildman–Crippen MR) is 155 cm³/mol. The minimum atomic E-state index is -0.912. The summed E-state index contributed by atoms with van der Waals surface area (Å²) in [6.07, 6.45) is 4.91. The summed E-state index contributed by atoms with van der Waals surface area (Å²) in [4.78, 5) is 29.4. The van der Waals surface area contributed by atoms with Crippen molar-refractivity contribution in [3.8, 4) is 22.5 Å². The molecule has 6 aromatic rings. The Balaban J connectivity index is 1.22. The van der Waals surface area contributed by atoms with E-state index in [2.05, 4.69) is 30.6 Å². The lowest BCUT2D eigenvalue weighted by atomic mass is 10.0. The number of aromatic amines is 2. The van der Waals surface area contributed by atoms with Gasteiger partial charge in [0, 0.05) is 17.7 Å². The van der Waals surface area contributed by atoms with Gasteiger partial charge in [0.15, 0.2) is 0 Å². The highest BCUT2D eigenvalue weighted by Gasteiger charge is 2.20. The topological polar surface area (TPSA) is 112 Å². The maximum absolute atomic E-state index is 13.7. The molecule has 1 saturated heterocycles. The maximum atomic E-state index is 13.7. The van der Waals surface area contributed by atoms with Crippen LogP contribution in [0.15, 0.2) is 70.1 Å². The van der Waals surface area contributed by atoms with E-state index in [4.69, 9.17) is 4.42 Å². The number of hydrogen-bond acceptors (Lipinski definition) is 6. The van der Waals surface area contributed by atoms with Gasteiger partial charge in [0.2, 0.25) is 5.43 Å². The first-order valence-electron chi connectivity index (χ1n) is 13.6. The van der Waals surface area contributed by atoms with E-state index in [0.717, 1.165) is 64.3 Å². The highest BCUT2D eigenvalue weighted by atomic mass is 19.1. The van der Waals surface area contributed by atoms with Crippen LogP contribution in [0.25, 0.3) is 55.2 Å². The summed E-state index contributed by atoms with van der Waals surface area (Å²) in [5.41, 5.74) is 4.66. The van der Waals surface area contributed by atoms with Gasteiger partial charge in [0.25, 0.3) is 0 Å². The van der Waals surface area contributed by atoms with E-state index in [1.54, 1.807) is 6.20 Å². The second kappa shape index (κ2) is 10.0. The van der Waals surface area contributed by atoms with Crippen LogP contribution in [0.3, 0.4) is 0 Å². The first-order valence-corrected chi connectivity index (χ1v) is 13.6. The van der Waals surface area contributed by atoms with Crippen molar-refractivity contribution in [2.45, 2.75) is 38.5 Å². The van der Waals surface area contributed by atoms with Crippen LogP contribution < -0.4 is 16.1 Å². The van der Waals surface area contributed by atoms with Crippen LogP contribution in [0.5, 0.6) is 0 Å². The van der Waals surface area contributed by atoms with Gasteiger partial charge >= 0.3 is 0 Å². The first-order chi connectivity index (χ1) is 19.5. The molecule has 8 nitrogen and oxygen atoms in total. The van der Waals surface area contributed by atoms with Crippen LogP contribution in [-0.4, -0.2) is 39.2 Å². The molecule has 3 aromatic carbocycles. The Morgan fingerprint density at radius 2 is 1.80 bits per heavy atom. The van der Waals surface area contributed by atoms with Crippen molar-refractivity contribution >= 4 is 32.7 Å². The Morgan fingerprint density at radius 3 is 2.62 bits per heavy atom. The molecule has 2 atom stereocenters. The van der Waals surface area contributed by atoms with Crippen LogP contribution in [-0.2, 0) is 6.54 Å². The number of imidazole rings is 2. The zero-order chi connectivity index (χ0) is 27.2. The smallest absolute Gasteiger partial charge is 0.201 e. The molecule has 9 heteroatoms. The summed E-state index contributed by atoms with van der Waals surface area (Å²) >= 11 is 0. The van der Waals surface area contributed by atoms with Crippen LogP contribution in [0.2, 0.25) is 0 Å². The molecule has 0 saturated carbocycles. The van der Waals surface area contributed by atoms with E-state index >= 15 is 0 Å². The quantitative estimate of drug-likeness (QED) is 0.153. The fourth-order valence-corrected chi connectivity index (χ4v) is 5.58. The zero-order valence-corrected chi connectivity index (χ0v) is 22.1. The maximum Gasteiger partial charge on any atom is 0.201 e. The molecule has 40 heavy (non-hydrogen) atoms. The first kappa shape index (κ1) is 24.7. The lowest BCUT2D eigenvalue weighted by Crippen LogP contribution is -2.21. The molecule has 202 valence electrons.